The van der Waals surface area contributed by atoms with Crippen molar-refractivity contribution >= 4 is 22.0 Å². The third-order valence-corrected chi connectivity index (χ3v) is 4.74. The molecule has 5 nitrogen and oxygen atoms in total. The van der Waals surface area contributed by atoms with Crippen LogP contribution in [0.5, 0.6) is 0 Å². The topological polar surface area (TPSA) is 77.3 Å². The number of hydrogen-bond acceptors (Lipinski definition) is 5. The summed E-state index contributed by atoms with van der Waals surface area (Å²) in [6.45, 7) is 0. The fourth-order valence-electron chi connectivity index (χ4n) is 1.71. The standard InChI is InChI=1S/C12H11NO4S2/c14-13(15)12(19(16)17)11-7-6-10(18-11)8-9-4-2-1-3-5-9/h1-7,12,19H,8H2. The molecule has 19 heavy (non-hydrogen) atoms. The lowest BCUT2D eigenvalue weighted by Gasteiger charge is -1.99. The summed E-state index contributed by atoms with van der Waals surface area (Å²) in [6, 6.07) is 12.9. The van der Waals surface area contributed by atoms with Gasteiger partial charge in [0.1, 0.15) is 0 Å². The lowest BCUT2D eigenvalue weighted by Crippen LogP contribution is -2.10. The molecule has 1 aromatic carbocycles. The number of benzene rings is 1. The zero-order chi connectivity index (χ0) is 13.8. The molecule has 0 bridgehead atoms. The highest BCUT2D eigenvalue weighted by Crippen LogP contribution is 2.27. The van der Waals surface area contributed by atoms with Gasteiger partial charge in [-0.3, -0.25) is 10.1 Å². The minimum absolute atomic E-state index is 0.257. The molecule has 0 amide bonds. The average Bonchev–Trinajstić information content (AvgIpc) is 2.77. The number of nitrogens with zero attached hydrogens (tertiary/aromatic N) is 1. The third-order valence-electron chi connectivity index (χ3n) is 2.56. The number of nitro groups is 1. The molecule has 7 heteroatoms. The molecule has 1 aromatic heterocycles. The summed E-state index contributed by atoms with van der Waals surface area (Å²) in [5.41, 5.74) is 1.08. The molecule has 0 aliphatic rings. The third kappa shape index (κ3) is 3.39. The molecule has 0 saturated heterocycles. The molecular formula is C12H11NO4S2. The Morgan fingerprint density at radius 1 is 1.16 bits per heavy atom. The van der Waals surface area contributed by atoms with Crippen molar-refractivity contribution in [3.05, 3.63) is 67.9 Å². The van der Waals surface area contributed by atoms with Gasteiger partial charge in [-0.05, 0) is 17.7 Å². The van der Waals surface area contributed by atoms with Crippen LogP contribution in [0.2, 0.25) is 0 Å². The maximum atomic E-state index is 10.9. The number of thiol groups is 1. The van der Waals surface area contributed by atoms with Crippen LogP contribution in [-0.4, -0.2) is 13.3 Å². The van der Waals surface area contributed by atoms with Crippen LogP contribution < -0.4 is 0 Å². The summed E-state index contributed by atoms with van der Waals surface area (Å²) in [5.74, 6) is 0. The molecule has 0 aliphatic heterocycles. The van der Waals surface area contributed by atoms with E-state index in [1.165, 1.54) is 17.4 Å². The Morgan fingerprint density at radius 2 is 1.84 bits per heavy atom. The molecule has 1 atom stereocenters. The highest BCUT2D eigenvalue weighted by atomic mass is 32.2. The van der Waals surface area contributed by atoms with E-state index in [0.29, 0.717) is 6.42 Å². The van der Waals surface area contributed by atoms with Crippen LogP contribution in [0.25, 0.3) is 0 Å². The van der Waals surface area contributed by atoms with Gasteiger partial charge in [-0.15, -0.1) is 11.3 Å². The van der Waals surface area contributed by atoms with Gasteiger partial charge in [0.15, 0.2) is 0 Å². The summed E-state index contributed by atoms with van der Waals surface area (Å²) < 4.78 is 21.8. The summed E-state index contributed by atoms with van der Waals surface area (Å²) in [7, 11) is -3.11. The van der Waals surface area contributed by atoms with Gasteiger partial charge in [0, 0.05) is 16.2 Å². The Kier molecular flexibility index (Phi) is 4.28. The van der Waals surface area contributed by atoms with Gasteiger partial charge in [0.25, 0.3) is 0 Å². The summed E-state index contributed by atoms with van der Waals surface area (Å²) in [6.07, 6.45) is 0.644. The van der Waals surface area contributed by atoms with Gasteiger partial charge in [-0.25, -0.2) is 8.42 Å². The zero-order valence-corrected chi connectivity index (χ0v) is 11.5. The highest BCUT2D eigenvalue weighted by molar-refractivity contribution is 7.72. The Bertz CT molecular complexity index is 641. The first-order chi connectivity index (χ1) is 9.08. The fraction of sp³-hybridized carbons (Fsp3) is 0.167. The Morgan fingerprint density at radius 3 is 2.42 bits per heavy atom. The quantitative estimate of drug-likeness (QED) is 0.521. The van der Waals surface area contributed by atoms with Gasteiger partial charge in [-0.1, -0.05) is 30.3 Å². The van der Waals surface area contributed by atoms with Crippen molar-refractivity contribution in [3.8, 4) is 0 Å². The van der Waals surface area contributed by atoms with Crippen molar-refractivity contribution in [3.63, 3.8) is 0 Å². The zero-order valence-electron chi connectivity index (χ0n) is 9.76. The molecule has 100 valence electrons. The summed E-state index contributed by atoms with van der Waals surface area (Å²) in [4.78, 5) is 11.1. The van der Waals surface area contributed by atoms with Crippen LogP contribution in [0.1, 0.15) is 20.7 Å². The van der Waals surface area contributed by atoms with Crippen LogP contribution in [0.3, 0.4) is 0 Å². The number of rotatable bonds is 5. The highest BCUT2D eigenvalue weighted by Gasteiger charge is 2.27. The van der Waals surface area contributed by atoms with Crippen molar-refractivity contribution in [2.24, 2.45) is 0 Å². The summed E-state index contributed by atoms with van der Waals surface area (Å²) >= 11 is 1.17. The van der Waals surface area contributed by atoms with E-state index >= 15 is 0 Å². The lowest BCUT2D eigenvalue weighted by molar-refractivity contribution is -0.501. The smallest absolute Gasteiger partial charge is 0.263 e. The van der Waals surface area contributed by atoms with Crippen molar-refractivity contribution in [2.45, 2.75) is 11.8 Å². The lowest BCUT2D eigenvalue weighted by atomic mass is 10.1. The summed E-state index contributed by atoms with van der Waals surface area (Å²) in [5, 5.41) is 9.10. The van der Waals surface area contributed by atoms with Crippen LogP contribution >= 0.6 is 11.3 Å². The van der Waals surface area contributed by atoms with E-state index in [-0.39, 0.29) is 4.88 Å². The van der Waals surface area contributed by atoms with E-state index < -0.39 is 21.0 Å². The van der Waals surface area contributed by atoms with E-state index in [9.17, 15) is 18.5 Å². The molecule has 1 unspecified atom stereocenters. The fourth-order valence-corrected chi connectivity index (χ4v) is 3.58. The monoisotopic (exact) mass is 297 g/mol. The second-order valence-corrected chi connectivity index (χ2v) is 6.17. The second-order valence-electron chi connectivity index (χ2n) is 3.91. The first-order valence-corrected chi connectivity index (χ1v) is 7.54. The minimum atomic E-state index is -3.11. The van der Waals surface area contributed by atoms with Gasteiger partial charge in [0.05, 0.1) is 4.88 Å². The molecule has 2 aromatic rings. The molecule has 0 N–H and O–H groups in total. The van der Waals surface area contributed by atoms with E-state index in [1.54, 1.807) is 6.07 Å². The van der Waals surface area contributed by atoms with Crippen molar-refractivity contribution in [2.75, 3.05) is 0 Å². The first kappa shape index (κ1) is 13.7. The largest absolute Gasteiger partial charge is 0.341 e. The number of thiophene rings is 1. The minimum Gasteiger partial charge on any atom is -0.263 e. The van der Waals surface area contributed by atoms with E-state index in [4.69, 9.17) is 0 Å². The van der Waals surface area contributed by atoms with E-state index in [1.807, 2.05) is 30.3 Å². The second kappa shape index (κ2) is 5.94. The molecule has 0 radical (unpaired) electrons. The molecule has 0 aliphatic carbocycles. The first-order valence-electron chi connectivity index (χ1n) is 5.47. The predicted octanol–water partition coefficient (Wildman–Crippen LogP) is 2.23. The Hall–Kier alpha value is -1.73. The van der Waals surface area contributed by atoms with Crippen molar-refractivity contribution < 1.29 is 13.3 Å². The maximum Gasteiger partial charge on any atom is 0.341 e. The molecular weight excluding hydrogens is 286 g/mol. The molecule has 0 fully saturated rings. The molecule has 2 rings (SSSR count). The van der Waals surface area contributed by atoms with Gasteiger partial charge >= 0.3 is 5.37 Å². The number of hydrogen-bond donors (Lipinski definition) is 1. The van der Waals surface area contributed by atoms with Crippen molar-refractivity contribution in [1.82, 2.24) is 0 Å². The van der Waals surface area contributed by atoms with Crippen molar-refractivity contribution in [1.29, 1.82) is 0 Å². The SMILES string of the molecule is O=[N+]([O-])C(c1ccc(Cc2ccccc2)s1)[SH](=O)=O. The van der Waals surface area contributed by atoms with Gasteiger partial charge in [0.2, 0.25) is 10.7 Å². The molecule has 0 saturated carbocycles. The van der Waals surface area contributed by atoms with Gasteiger partial charge < -0.3 is 0 Å². The normalized spacial score (nSPS) is 12.5. The Balaban J connectivity index is 2.21. The molecule has 1 heterocycles. The Labute approximate surface area is 115 Å². The van der Waals surface area contributed by atoms with Crippen LogP contribution in [0.4, 0.5) is 0 Å². The van der Waals surface area contributed by atoms with Crippen LogP contribution in [0.15, 0.2) is 42.5 Å². The van der Waals surface area contributed by atoms with E-state index in [2.05, 4.69) is 0 Å². The average molecular weight is 297 g/mol. The molecule has 0 spiro atoms. The van der Waals surface area contributed by atoms with Crippen LogP contribution in [0, 0.1) is 10.1 Å². The maximum absolute atomic E-state index is 10.9. The van der Waals surface area contributed by atoms with Gasteiger partial charge in [-0.2, -0.15) is 0 Å². The predicted molar refractivity (Wildman–Crippen MR) is 73.6 cm³/mol. The van der Waals surface area contributed by atoms with Crippen LogP contribution in [-0.2, 0) is 17.1 Å². The van der Waals surface area contributed by atoms with E-state index in [0.717, 1.165) is 10.4 Å².